The Morgan fingerprint density at radius 3 is 1.19 bits per heavy atom. The Bertz CT molecular complexity index is 583. The molecule has 18 heteroatoms. The number of ether oxygens (including phenoxy) is 2. The summed E-state index contributed by atoms with van der Waals surface area (Å²) in [6, 6.07) is -4.39. The number of carbonyl (C=O) groups is 3. The summed E-state index contributed by atoms with van der Waals surface area (Å²) in [7, 11) is -8.66. The number of amides is 4. The highest BCUT2D eigenvalue weighted by molar-refractivity contribution is 7.85. The molecular formula is C9H20F2N2O12S2. The Hall–Kier alpha value is -2.15. The molecule has 0 radical (unpaired) electrons. The van der Waals surface area contributed by atoms with Crippen molar-refractivity contribution in [3.63, 3.8) is 0 Å². The number of hydrogen-bond donors (Lipinski definition) is 4. The molecule has 0 aliphatic heterocycles. The zero-order chi connectivity index (χ0) is 21.4. The summed E-state index contributed by atoms with van der Waals surface area (Å²) < 4.78 is 81.7. The van der Waals surface area contributed by atoms with Gasteiger partial charge in [0.15, 0.2) is 0 Å². The third-order valence-electron chi connectivity index (χ3n) is 1.26. The molecule has 0 bridgehead atoms. The molecule has 0 saturated carbocycles. The molecule has 0 heterocycles. The van der Waals surface area contributed by atoms with Gasteiger partial charge in [0.25, 0.3) is 20.2 Å². The summed E-state index contributed by atoms with van der Waals surface area (Å²) in [5, 5.41) is 3.52. The Kier molecular flexibility index (Phi) is 20.8. The number of alkyl carbamates (subject to hydrolysis) is 2. The third kappa shape index (κ3) is 35.7. The number of halogens is 2. The molecule has 0 saturated heterocycles. The van der Waals surface area contributed by atoms with Crippen molar-refractivity contribution in [3.05, 3.63) is 0 Å². The van der Waals surface area contributed by atoms with Gasteiger partial charge in [-0.2, -0.15) is 16.8 Å². The molecule has 6 N–H and O–H groups in total. The molecule has 0 atom stereocenters. The van der Waals surface area contributed by atoms with Gasteiger partial charge in [-0.1, -0.05) is 0 Å². The maximum atomic E-state index is 10.8. The van der Waals surface area contributed by atoms with Crippen molar-refractivity contribution >= 4 is 38.5 Å². The van der Waals surface area contributed by atoms with Gasteiger partial charge in [-0.25, -0.2) is 33.8 Å². The lowest BCUT2D eigenvalue weighted by molar-refractivity contribution is 0.146. The van der Waals surface area contributed by atoms with E-state index in [4.69, 9.17) is 9.11 Å². The van der Waals surface area contributed by atoms with E-state index in [9.17, 15) is 40.0 Å². The largest absolute Gasteiger partial charge is 0.450 e. The first-order valence-corrected chi connectivity index (χ1v) is 9.37. The molecule has 4 amide bonds. The minimum Gasteiger partial charge on any atom is -0.450 e. The fraction of sp³-hybridized carbons (Fsp3) is 0.667. The van der Waals surface area contributed by atoms with E-state index in [1.54, 1.807) is 24.5 Å². The fourth-order valence-electron chi connectivity index (χ4n) is 0.551. The molecule has 0 aliphatic carbocycles. The van der Waals surface area contributed by atoms with Crippen molar-refractivity contribution in [2.45, 2.75) is 13.8 Å². The van der Waals surface area contributed by atoms with E-state index in [0.29, 0.717) is 0 Å². The van der Waals surface area contributed by atoms with Crippen LogP contribution in [0.1, 0.15) is 13.8 Å². The maximum absolute atomic E-state index is 10.8. The lowest BCUT2D eigenvalue weighted by atomic mass is 10.8. The van der Waals surface area contributed by atoms with Crippen LogP contribution in [-0.4, -0.2) is 74.9 Å². The molecule has 0 spiro atoms. The van der Waals surface area contributed by atoms with Gasteiger partial charge in [0.2, 0.25) is 12.0 Å². The predicted octanol–water partition coefficient (Wildman–Crippen LogP) is -0.624. The molecule has 0 fully saturated rings. The van der Waals surface area contributed by atoms with E-state index in [0.717, 1.165) is 0 Å². The molecule has 27 heavy (non-hydrogen) atoms. The average molecular weight is 450 g/mol. The minimum absolute atomic E-state index is 0. The van der Waals surface area contributed by atoms with Crippen LogP contribution in [0.25, 0.3) is 0 Å². The number of hydrogen-bond acceptors (Lipinski definition) is 9. The van der Waals surface area contributed by atoms with Crippen molar-refractivity contribution in [3.8, 4) is 0 Å². The number of imide groups is 2. The zero-order valence-corrected chi connectivity index (χ0v) is 15.6. The second-order valence-electron chi connectivity index (χ2n) is 3.40. The van der Waals surface area contributed by atoms with Crippen LogP contribution in [0.15, 0.2) is 0 Å². The molecule has 0 aromatic heterocycles. The Labute approximate surface area is 153 Å². The molecule has 0 aliphatic rings. The normalized spacial score (nSPS) is 9.70. The minimum atomic E-state index is -4.33. The first-order valence-electron chi connectivity index (χ1n) is 6.16. The smallest absolute Gasteiger partial charge is 0.415 e. The molecular weight excluding hydrogens is 430 g/mol. The number of urea groups is 1. The quantitative estimate of drug-likeness (QED) is 0.394. The Morgan fingerprint density at radius 2 is 1.04 bits per heavy atom. The Balaban J connectivity index is -0.000000170. The highest BCUT2D eigenvalue weighted by Crippen LogP contribution is 1.80. The van der Waals surface area contributed by atoms with E-state index >= 15 is 0 Å². The van der Waals surface area contributed by atoms with Crippen molar-refractivity contribution in [1.82, 2.24) is 10.6 Å². The predicted molar refractivity (Wildman–Crippen MR) is 84.4 cm³/mol. The van der Waals surface area contributed by atoms with Gasteiger partial charge in [-0.05, 0) is 13.8 Å². The van der Waals surface area contributed by atoms with E-state index in [1.807, 2.05) is 0 Å². The van der Waals surface area contributed by atoms with E-state index in [1.165, 1.54) is 0 Å². The van der Waals surface area contributed by atoms with Gasteiger partial charge < -0.3 is 14.9 Å². The molecule has 14 nitrogen and oxygen atoms in total. The molecule has 0 aromatic carbocycles. The monoisotopic (exact) mass is 450 g/mol. The molecule has 0 unspecified atom stereocenters. The standard InChI is InChI=1S/C7H12N2O5.2CH3FO3S.H2O/c1-3-13-6(11)8-5(10)9-7(12)14-4-2;2*2-1-6(3,4)5;/h3-4H2,1-2H3,(H2,8,9,10,11,12);2*1H2,(H,3,4,5);1H2. The average Bonchev–Trinajstić information content (AvgIpc) is 2.47. The number of alkyl halides is 2. The summed E-state index contributed by atoms with van der Waals surface area (Å²) >= 11 is 0. The highest BCUT2D eigenvalue weighted by Gasteiger charge is 2.11. The van der Waals surface area contributed by atoms with Crippen LogP contribution in [0.3, 0.4) is 0 Å². The fourth-order valence-corrected chi connectivity index (χ4v) is 0.551. The van der Waals surface area contributed by atoms with Gasteiger partial charge in [-0.15, -0.1) is 0 Å². The van der Waals surface area contributed by atoms with Gasteiger partial charge >= 0.3 is 18.2 Å². The second kappa shape index (κ2) is 17.3. The SMILES string of the molecule is CCOC(=O)NC(=O)NC(=O)OCC.O.O=S(=O)(O)CF.O=S(=O)(O)CF. The van der Waals surface area contributed by atoms with E-state index in [2.05, 4.69) is 9.47 Å². The van der Waals surface area contributed by atoms with Gasteiger partial charge in [0, 0.05) is 0 Å². The Morgan fingerprint density at radius 1 is 0.815 bits per heavy atom. The lowest BCUT2D eigenvalue weighted by Crippen LogP contribution is -2.42. The number of rotatable bonds is 4. The summed E-state index contributed by atoms with van der Waals surface area (Å²) in [6.07, 6.45) is -1.84. The van der Waals surface area contributed by atoms with Gasteiger partial charge in [0.05, 0.1) is 13.2 Å². The van der Waals surface area contributed by atoms with E-state index < -0.39 is 50.5 Å². The van der Waals surface area contributed by atoms with Crippen LogP contribution in [0, 0.1) is 0 Å². The lowest BCUT2D eigenvalue weighted by Gasteiger charge is -2.04. The van der Waals surface area contributed by atoms with Crippen LogP contribution in [0.2, 0.25) is 0 Å². The van der Waals surface area contributed by atoms with Crippen LogP contribution >= 0.6 is 0 Å². The second-order valence-corrected chi connectivity index (χ2v) is 6.17. The first-order chi connectivity index (χ1) is 11.7. The zero-order valence-electron chi connectivity index (χ0n) is 14.0. The van der Waals surface area contributed by atoms with E-state index in [-0.39, 0.29) is 18.7 Å². The third-order valence-corrected chi connectivity index (χ3v) is 1.81. The van der Waals surface area contributed by atoms with Gasteiger partial charge in [-0.3, -0.25) is 9.11 Å². The van der Waals surface area contributed by atoms with Crippen LogP contribution in [0.5, 0.6) is 0 Å². The topological polar surface area (TPSA) is 234 Å². The van der Waals surface area contributed by atoms with Gasteiger partial charge in [0.1, 0.15) is 0 Å². The summed E-state index contributed by atoms with van der Waals surface area (Å²) in [5.41, 5.74) is 0. The van der Waals surface area contributed by atoms with Crippen LogP contribution < -0.4 is 10.6 Å². The summed E-state index contributed by atoms with van der Waals surface area (Å²) in [5.74, 6) is 0. The van der Waals surface area contributed by atoms with Crippen molar-refractivity contribution in [2.24, 2.45) is 0 Å². The van der Waals surface area contributed by atoms with Crippen molar-refractivity contribution in [2.75, 3.05) is 25.2 Å². The summed E-state index contributed by atoms with van der Waals surface area (Å²) in [4.78, 5) is 32.1. The van der Waals surface area contributed by atoms with Crippen LogP contribution in [-0.2, 0) is 29.7 Å². The van der Waals surface area contributed by atoms with Crippen molar-refractivity contribution in [1.29, 1.82) is 0 Å². The molecule has 0 rings (SSSR count). The number of nitrogens with one attached hydrogen (secondary N) is 2. The molecule has 0 aromatic rings. The highest BCUT2D eigenvalue weighted by atomic mass is 32.2. The van der Waals surface area contributed by atoms with Crippen LogP contribution in [0.4, 0.5) is 23.2 Å². The first kappa shape index (κ1) is 32.5. The number of carbonyl (C=O) groups excluding carboxylic acids is 3. The maximum Gasteiger partial charge on any atom is 0.415 e. The van der Waals surface area contributed by atoms with Crippen molar-refractivity contribution < 1.29 is 64.1 Å². The summed E-state index contributed by atoms with van der Waals surface area (Å²) in [6.45, 7) is 3.45. The molecule has 164 valence electrons.